The Balaban J connectivity index is 4.33. The molecule has 7 heteroatoms. The molecule has 0 radical (unpaired) electrons. The lowest BCUT2D eigenvalue weighted by atomic mass is 10.5. The fourth-order valence-corrected chi connectivity index (χ4v) is 0.273. The summed E-state index contributed by atoms with van der Waals surface area (Å²) in [6.07, 6.45) is -11.8. The number of alkyl halides is 5. The van der Waals surface area contributed by atoms with Gasteiger partial charge in [-0.25, -0.2) is 0 Å². The minimum absolute atomic E-state index is 0.536. The smallest absolute Gasteiger partial charge is 0.394 e. The Labute approximate surface area is 64.3 Å². The van der Waals surface area contributed by atoms with Crippen LogP contribution in [0.5, 0.6) is 0 Å². The molecule has 2 nitrogen and oxygen atoms in total. The number of carbonyl (C=O) groups excluding carboxylic acids is 1. The molecule has 0 spiro atoms. The maximum atomic E-state index is 11.8. The summed E-state index contributed by atoms with van der Waals surface area (Å²) in [5.41, 5.74) is 0. The number of hydrogen-bond acceptors (Lipinski definition) is 2. The van der Waals surface area contributed by atoms with Crippen molar-refractivity contribution < 1.29 is 31.5 Å². The van der Waals surface area contributed by atoms with Crippen LogP contribution in [0.2, 0.25) is 0 Å². The van der Waals surface area contributed by atoms with Crippen molar-refractivity contribution in [3.63, 3.8) is 0 Å². The highest BCUT2D eigenvalue weighted by Gasteiger charge is 2.61. The van der Waals surface area contributed by atoms with Crippen LogP contribution in [-0.4, -0.2) is 18.3 Å². The molecule has 0 aromatic rings. The molecule has 0 aliphatic carbocycles. The van der Waals surface area contributed by atoms with E-state index in [1.165, 1.54) is 0 Å². The van der Waals surface area contributed by atoms with Gasteiger partial charge in [0.15, 0.2) is 0 Å². The van der Waals surface area contributed by atoms with Crippen LogP contribution in [0.1, 0.15) is 13.3 Å². The predicted octanol–water partition coefficient (Wildman–Crippen LogP) is 2.09. The van der Waals surface area contributed by atoms with Crippen LogP contribution in [0.4, 0.5) is 22.0 Å². The topological polar surface area (TPSA) is 26.3 Å². The van der Waals surface area contributed by atoms with Crippen molar-refractivity contribution in [1.82, 2.24) is 0 Å². The molecule has 0 heterocycles. The monoisotopic (exact) mass is 192 g/mol. The predicted molar refractivity (Wildman–Crippen MR) is 27.4 cm³/mol. The van der Waals surface area contributed by atoms with Crippen LogP contribution in [0.25, 0.3) is 0 Å². The molecule has 0 bridgehead atoms. The molecule has 0 saturated carbocycles. The molecule has 0 amide bonds. The lowest BCUT2D eigenvalue weighted by Gasteiger charge is -2.18. The third-order valence-corrected chi connectivity index (χ3v) is 0.861. The van der Waals surface area contributed by atoms with Crippen LogP contribution in [0.15, 0.2) is 0 Å². The van der Waals surface area contributed by atoms with Crippen molar-refractivity contribution >= 4 is 5.97 Å². The Morgan fingerprint density at radius 2 is 1.67 bits per heavy atom. The van der Waals surface area contributed by atoms with Gasteiger partial charge < -0.3 is 4.74 Å². The van der Waals surface area contributed by atoms with Crippen LogP contribution in [0.3, 0.4) is 0 Å². The van der Waals surface area contributed by atoms with Crippen molar-refractivity contribution in [2.45, 2.75) is 25.6 Å². The van der Waals surface area contributed by atoms with E-state index < -0.39 is 24.7 Å². The van der Waals surface area contributed by atoms with Gasteiger partial charge in [0.05, 0.1) is 0 Å². The zero-order valence-electron chi connectivity index (χ0n) is 5.91. The summed E-state index contributed by atoms with van der Waals surface area (Å²) in [7, 11) is 0. The van der Waals surface area contributed by atoms with Gasteiger partial charge in [-0.1, -0.05) is 6.92 Å². The molecule has 0 aromatic heterocycles. The highest BCUT2D eigenvalue weighted by Crippen LogP contribution is 2.36. The van der Waals surface area contributed by atoms with E-state index in [-0.39, 0.29) is 0 Å². The van der Waals surface area contributed by atoms with Gasteiger partial charge in [0.25, 0.3) is 0 Å². The number of hydrogen-bond donors (Lipinski definition) is 0. The second-order valence-electron chi connectivity index (χ2n) is 1.84. The third kappa shape index (κ3) is 2.63. The van der Waals surface area contributed by atoms with Crippen LogP contribution in [0, 0.1) is 0 Å². The lowest BCUT2D eigenvalue weighted by molar-refractivity contribution is -0.376. The van der Waals surface area contributed by atoms with Crippen LogP contribution < -0.4 is 0 Å². The molecular formula is C5H5F5O2. The summed E-state index contributed by atoms with van der Waals surface area (Å²) in [5, 5.41) is 0. The van der Waals surface area contributed by atoms with E-state index in [1.807, 2.05) is 0 Å². The maximum Gasteiger partial charge on any atom is 0.501 e. The standard InChI is InChI=1S/C5H5F5O2/c1-2-3(11)12-5(9,10)4(6,7)8/h2H2,1H3. The zero-order chi connectivity index (χ0) is 9.99. The minimum Gasteiger partial charge on any atom is -0.394 e. The summed E-state index contributed by atoms with van der Waals surface area (Å²) in [6.45, 7) is 1.11. The minimum atomic E-state index is -5.85. The number of rotatable bonds is 2. The van der Waals surface area contributed by atoms with E-state index in [4.69, 9.17) is 0 Å². The quantitative estimate of drug-likeness (QED) is 0.494. The maximum absolute atomic E-state index is 11.8. The van der Waals surface area contributed by atoms with Gasteiger partial charge in [0.1, 0.15) is 0 Å². The molecule has 0 rings (SSSR count). The third-order valence-electron chi connectivity index (χ3n) is 0.861. The van der Waals surface area contributed by atoms with Crippen molar-refractivity contribution in [1.29, 1.82) is 0 Å². The fraction of sp³-hybridized carbons (Fsp3) is 0.800. The van der Waals surface area contributed by atoms with Crippen LogP contribution >= 0.6 is 0 Å². The average molecular weight is 192 g/mol. The van der Waals surface area contributed by atoms with Gasteiger partial charge in [-0.3, -0.25) is 4.79 Å². The zero-order valence-corrected chi connectivity index (χ0v) is 5.91. The number of ether oxygens (including phenoxy) is 1. The Morgan fingerprint density at radius 3 is 1.92 bits per heavy atom. The molecule has 0 fully saturated rings. The first-order valence-corrected chi connectivity index (χ1v) is 2.87. The normalized spacial score (nSPS) is 12.8. The largest absolute Gasteiger partial charge is 0.501 e. The Kier molecular flexibility index (Phi) is 3.00. The summed E-state index contributed by atoms with van der Waals surface area (Å²) >= 11 is 0. The van der Waals surface area contributed by atoms with Crippen molar-refractivity contribution in [2.24, 2.45) is 0 Å². The average Bonchev–Trinajstić information content (AvgIpc) is 1.84. The Hall–Kier alpha value is -0.880. The first kappa shape index (κ1) is 11.1. The van der Waals surface area contributed by atoms with Gasteiger partial charge >= 0.3 is 18.3 Å². The molecule has 0 atom stereocenters. The summed E-state index contributed by atoms with van der Waals surface area (Å²) in [4.78, 5) is 10.1. The van der Waals surface area contributed by atoms with E-state index in [2.05, 4.69) is 4.74 Å². The van der Waals surface area contributed by atoms with Gasteiger partial charge in [0, 0.05) is 6.42 Å². The van der Waals surface area contributed by atoms with Crippen molar-refractivity contribution in [3.05, 3.63) is 0 Å². The highest BCUT2D eigenvalue weighted by molar-refractivity contribution is 5.69. The molecule has 0 unspecified atom stereocenters. The number of halogens is 5. The van der Waals surface area contributed by atoms with Crippen molar-refractivity contribution in [2.75, 3.05) is 0 Å². The Morgan fingerprint density at radius 1 is 1.25 bits per heavy atom. The Bertz CT molecular complexity index is 173. The molecule has 0 aliphatic heterocycles. The van der Waals surface area contributed by atoms with Gasteiger partial charge in [0.2, 0.25) is 0 Å². The molecule has 0 aromatic carbocycles. The second kappa shape index (κ2) is 3.24. The second-order valence-corrected chi connectivity index (χ2v) is 1.84. The van der Waals surface area contributed by atoms with Crippen LogP contribution in [-0.2, 0) is 9.53 Å². The molecule has 12 heavy (non-hydrogen) atoms. The SMILES string of the molecule is CCC(=O)OC(F)(F)C(F)(F)F. The molecular weight excluding hydrogens is 187 g/mol. The lowest BCUT2D eigenvalue weighted by Crippen LogP contribution is -2.40. The first-order valence-electron chi connectivity index (χ1n) is 2.87. The highest BCUT2D eigenvalue weighted by atomic mass is 19.4. The number of carbonyl (C=O) groups is 1. The van der Waals surface area contributed by atoms with E-state index in [9.17, 15) is 26.7 Å². The fourth-order valence-electron chi connectivity index (χ4n) is 0.273. The van der Waals surface area contributed by atoms with E-state index in [1.54, 1.807) is 0 Å². The summed E-state index contributed by atoms with van der Waals surface area (Å²) < 4.78 is 60.4. The van der Waals surface area contributed by atoms with E-state index >= 15 is 0 Å². The molecule has 72 valence electrons. The number of esters is 1. The van der Waals surface area contributed by atoms with E-state index in [0.29, 0.717) is 0 Å². The molecule has 0 N–H and O–H groups in total. The summed E-state index contributed by atoms with van der Waals surface area (Å²) in [5.74, 6) is -1.60. The first-order chi connectivity index (χ1) is 5.20. The van der Waals surface area contributed by atoms with E-state index in [0.717, 1.165) is 6.92 Å². The molecule has 0 aliphatic rings. The summed E-state index contributed by atoms with van der Waals surface area (Å²) in [6, 6.07) is 0. The van der Waals surface area contributed by atoms with Gasteiger partial charge in [-0.05, 0) is 0 Å². The van der Waals surface area contributed by atoms with Gasteiger partial charge in [-0.2, -0.15) is 22.0 Å². The van der Waals surface area contributed by atoms with Crippen molar-refractivity contribution in [3.8, 4) is 0 Å². The molecule has 0 saturated heterocycles. The van der Waals surface area contributed by atoms with Gasteiger partial charge in [-0.15, -0.1) is 0 Å².